The van der Waals surface area contributed by atoms with Gasteiger partial charge in [-0.15, -0.1) is 11.3 Å². The van der Waals surface area contributed by atoms with Crippen LogP contribution in [0.2, 0.25) is 0 Å². The van der Waals surface area contributed by atoms with E-state index in [1.807, 2.05) is 20.8 Å². The molecule has 0 saturated heterocycles. The number of rotatable bonds is 12. The zero-order valence-electron chi connectivity index (χ0n) is 29.5. The van der Waals surface area contributed by atoms with Gasteiger partial charge in [-0.25, -0.2) is 9.97 Å². The van der Waals surface area contributed by atoms with Crippen molar-refractivity contribution in [2.45, 2.75) is 53.8 Å². The summed E-state index contributed by atoms with van der Waals surface area (Å²) in [4.78, 5) is 65.3. The second-order valence-electron chi connectivity index (χ2n) is 11.8. The van der Waals surface area contributed by atoms with E-state index in [0.717, 1.165) is 16.3 Å². The number of nitrogens with zero attached hydrogens (tertiary/aromatic N) is 7. The molecular weight excluding hydrogens is 721 g/mol. The van der Waals surface area contributed by atoms with Crippen LogP contribution in [0.1, 0.15) is 71.1 Å². The topological polar surface area (TPSA) is 228 Å². The van der Waals surface area contributed by atoms with Gasteiger partial charge in [0.15, 0.2) is 4.80 Å². The molecule has 0 bridgehead atoms. The number of carbonyl (C=O) groups excluding carboxylic acids is 4. The molecule has 0 saturated carbocycles. The van der Waals surface area contributed by atoms with Crippen molar-refractivity contribution in [2.75, 3.05) is 12.4 Å². The van der Waals surface area contributed by atoms with Gasteiger partial charge < -0.3 is 30.4 Å². The number of hydrogen-bond acceptors (Lipinski definition) is 11. The minimum Gasteiger partial charge on any atom is -0.506 e. The van der Waals surface area contributed by atoms with Crippen LogP contribution in [0.3, 0.4) is 0 Å². The maximum Gasteiger partial charge on any atom is 0.291 e. The van der Waals surface area contributed by atoms with Gasteiger partial charge in [0, 0.05) is 30.8 Å². The Hall–Kier alpha value is -6.14. The van der Waals surface area contributed by atoms with Crippen LogP contribution in [0.5, 0.6) is 11.5 Å². The number of methoxy groups -OCH3 is 1. The van der Waals surface area contributed by atoms with Crippen LogP contribution in [0.4, 0.5) is 5.95 Å². The highest BCUT2D eigenvalue weighted by atomic mass is 32.1. The number of ether oxygens (including phenoxy) is 1. The molecule has 0 aliphatic carbocycles. The molecule has 6 N–H and O–H groups in total. The Morgan fingerprint density at radius 2 is 1.64 bits per heavy atom. The smallest absolute Gasteiger partial charge is 0.291 e. The first-order valence-corrected chi connectivity index (χ1v) is 18.1. The standard InChI is InChI=1S/C35H36N10O6S2/c1-6-21-29(52-18(4)38-21)33(50)41-35-44(28-24(46)14-20(31(37)48)16-26(28)53-35)11-9-8-10-43-27-22(13-19(30(36)47)15-25(27)51-5)39-34(43)40-32(49)23-12-17(3)42-45(23)7-2/h8-9,12-16,46H,6-7,10-11H2,1-5H3,(H2,36,47)(H2,37,48)(H,39,40,49)/b9-8+,41-35?. The van der Waals surface area contributed by atoms with Crippen LogP contribution < -0.4 is 26.3 Å². The Morgan fingerprint density at radius 1 is 0.943 bits per heavy atom. The molecule has 0 atom stereocenters. The second kappa shape index (κ2) is 14.8. The first-order chi connectivity index (χ1) is 25.3. The number of fused-ring (bicyclic) bond motifs is 2. The van der Waals surface area contributed by atoms with Gasteiger partial charge in [0.05, 0.1) is 33.7 Å². The molecule has 274 valence electrons. The normalized spacial score (nSPS) is 12.0. The predicted molar refractivity (Wildman–Crippen MR) is 201 cm³/mol. The average Bonchev–Trinajstić information content (AvgIpc) is 3.88. The van der Waals surface area contributed by atoms with Crippen molar-refractivity contribution in [3.8, 4) is 11.5 Å². The molecule has 0 radical (unpaired) electrons. The van der Waals surface area contributed by atoms with E-state index in [1.54, 1.807) is 45.0 Å². The number of anilines is 1. The average molecular weight is 757 g/mol. The molecule has 0 aliphatic heterocycles. The minimum absolute atomic E-state index is 0.107. The van der Waals surface area contributed by atoms with Gasteiger partial charge in [0.2, 0.25) is 17.8 Å². The fourth-order valence-corrected chi connectivity index (χ4v) is 7.89. The zero-order valence-corrected chi connectivity index (χ0v) is 31.1. The molecular formula is C35H36N10O6S2. The monoisotopic (exact) mass is 756 g/mol. The summed E-state index contributed by atoms with van der Waals surface area (Å²) < 4.78 is 11.1. The van der Waals surface area contributed by atoms with E-state index in [-0.39, 0.29) is 40.7 Å². The maximum absolute atomic E-state index is 13.5. The Bertz CT molecular complexity index is 2550. The molecule has 0 fully saturated rings. The van der Waals surface area contributed by atoms with Gasteiger partial charge >= 0.3 is 0 Å². The number of allylic oxidation sites excluding steroid dienone is 2. The Morgan fingerprint density at radius 3 is 2.30 bits per heavy atom. The number of aromatic hydroxyl groups is 1. The van der Waals surface area contributed by atoms with Gasteiger partial charge in [-0.3, -0.25) is 29.2 Å². The molecule has 2 aromatic carbocycles. The number of phenolic OH excluding ortho intramolecular Hbond substituents is 1. The van der Waals surface area contributed by atoms with Gasteiger partial charge in [0.25, 0.3) is 11.8 Å². The summed E-state index contributed by atoms with van der Waals surface area (Å²) in [6.07, 6.45) is 4.15. The summed E-state index contributed by atoms with van der Waals surface area (Å²) in [5.41, 5.74) is 14.3. The van der Waals surface area contributed by atoms with Crippen LogP contribution in [0, 0.1) is 13.8 Å². The van der Waals surface area contributed by atoms with Gasteiger partial charge in [-0.1, -0.05) is 30.4 Å². The number of benzene rings is 2. The molecule has 4 amide bonds. The van der Waals surface area contributed by atoms with Gasteiger partial charge in [-0.2, -0.15) is 10.1 Å². The van der Waals surface area contributed by atoms with Crippen molar-refractivity contribution < 1.29 is 29.0 Å². The summed E-state index contributed by atoms with van der Waals surface area (Å²) in [6, 6.07) is 7.52. The Labute approximate surface area is 310 Å². The zero-order chi connectivity index (χ0) is 38.1. The van der Waals surface area contributed by atoms with E-state index in [1.165, 1.54) is 36.6 Å². The quantitative estimate of drug-likeness (QED) is 0.132. The number of carbonyl (C=O) groups is 4. The molecule has 6 aromatic rings. The number of imidazole rings is 1. The van der Waals surface area contributed by atoms with Crippen LogP contribution >= 0.6 is 22.7 Å². The SMILES string of the molecule is CCc1nc(C)sc1C(=O)N=c1sc2cc(C(N)=O)cc(O)c2n1C/C=C/Cn1c(NC(=O)c2cc(C)nn2CC)nc2cc(C(N)=O)cc(OC)c21. The lowest BCUT2D eigenvalue weighted by Crippen LogP contribution is -2.20. The number of nitrogens with two attached hydrogens (primary N) is 2. The van der Waals surface area contributed by atoms with E-state index in [0.29, 0.717) is 61.9 Å². The van der Waals surface area contributed by atoms with Crippen molar-refractivity contribution in [3.05, 3.63) is 85.4 Å². The van der Waals surface area contributed by atoms with E-state index in [2.05, 4.69) is 25.4 Å². The van der Waals surface area contributed by atoms with Crippen LogP contribution in [-0.4, -0.2) is 64.7 Å². The molecule has 0 spiro atoms. The highest BCUT2D eigenvalue weighted by Gasteiger charge is 2.22. The second-order valence-corrected chi connectivity index (χ2v) is 14.1. The molecule has 0 unspecified atom stereocenters. The molecule has 0 aliphatic rings. The van der Waals surface area contributed by atoms with Crippen molar-refractivity contribution in [1.82, 2.24) is 28.9 Å². The van der Waals surface area contributed by atoms with E-state index < -0.39 is 23.6 Å². The Balaban J connectivity index is 1.41. The molecule has 6 rings (SSSR count). The molecule has 4 heterocycles. The number of thiazole rings is 2. The fraction of sp³-hybridized carbons (Fsp3) is 0.257. The predicted octanol–water partition coefficient (Wildman–Crippen LogP) is 4.07. The van der Waals surface area contributed by atoms with E-state index in [4.69, 9.17) is 16.2 Å². The lowest BCUT2D eigenvalue weighted by Gasteiger charge is -2.11. The summed E-state index contributed by atoms with van der Waals surface area (Å²) >= 11 is 2.38. The lowest BCUT2D eigenvalue weighted by atomic mass is 10.1. The third kappa shape index (κ3) is 7.18. The fourth-order valence-electron chi connectivity index (χ4n) is 5.90. The highest BCUT2D eigenvalue weighted by molar-refractivity contribution is 7.16. The van der Waals surface area contributed by atoms with Crippen molar-refractivity contribution >= 4 is 73.5 Å². The largest absolute Gasteiger partial charge is 0.506 e. The number of phenols is 1. The third-order valence-electron chi connectivity index (χ3n) is 8.29. The number of aromatic nitrogens is 6. The molecule has 18 heteroatoms. The highest BCUT2D eigenvalue weighted by Crippen LogP contribution is 2.32. The van der Waals surface area contributed by atoms with E-state index >= 15 is 0 Å². The van der Waals surface area contributed by atoms with Crippen molar-refractivity contribution in [1.29, 1.82) is 0 Å². The number of amides is 4. The summed E-state index contributed by atoms with van der Waals surface area (Å²) in [7, 11) is 1.45. The van der Waals surface area contributed by atoms with Gasteiger partial charge in [-0.05, 0) is 57.5 Å². The molecule has 4 aromatic heterocycles. The van der Waals surface area contributed by atoms with Crippen LogP contribution in [0.15, 0.2) is 47.5 Å². The van der Waals surface area contributed by atoms with Crippen LogP contribution in [0.25, 0.3) is 21.3 Å². The summed E-state index contributed by atoms with van der Waals surface area (Å²) in [5.74, 6) is -2.02. The Kier molecular flexibility index (Phi) is 10.3. The first-order valence-electron chi connectivity index (χ1n) is 16.4. The first kappa shape index (κ1) is 36.6. The summed E-state index contributed by atoms with van der Waals surface area (Å²) in [6.45, 7) is 8.18. The molecule has 53 heavy (non-hydrogen) atoms. The number of primary amides is 2. The summed E-state index contributed by atoms with van der Waals surface area (Å²) in [5, 5.41) is 19.0. The maximum atomic E-state index is 13.5. The lowest BCUT2D eigenvalue weighted by molar-refractivity contribution is 0.0991. The molecule has 16 nitrogen and oxygen atoms in total. The van der Waals surface area contributed by atoms with Crippen molar-refractivity contribution in [2.24, 2.45) is 16.5 Å². The van der Waals surface area contributed by atoms with Crippen molar-refractivity contribution in [3.63, 3.8) is 0 Å². The van der Waals surface area contributed by atoms with Crippen LogP contribution in [-0.2, 0) is 26.1 Å². The number of aryl methyl sites for hydroxylation is 4. The van der Waals surface area contributed by atoms with E-state index in [9.17, 15) is 24.3 Å². The third-order valence-corrected chi connectivity index (χ3v) is 10.3. The number of nitrogens with one attached hydrogen (secondary N) is 1. The minimum atomic E-state index is -0.715. The van der Waals surface area contributed by atoms with Gasteiger partial charge in [0.1, 0.15) is 33.1 Å². The number of hydrogen-bond donors (Lipinski definition) is 4.